The van der Waals surface area contributed by atoms with Gasteiger partial charge in [-0.25, -0.2) is 4.98 Å². The van der Waals surface area contributed by atoms with E-state index in [9.17, 15) is 9.90 Å². The molecule has 2 aliphatic rings. The van der Waals surface area contributed by atoms with E-state index in [4.69, 9.17) is 5.11 Å². The molecule has 1 atom stereocenters. The van der Waals surface area contributed by atoms with Gasteiger partial charge < -0.3 is 30.6 Å². The number of nitrogens with zero attached hydrogens (tertiary/aromatic N) is 4. The van der Waals surface area contributed by atoms with E-state index in [1.807, 2.05) is 31.3 Å². The molecule has 1 saturated heterocycles. The molecule has 29 heavy (non-hydrogen) atoms. The highest BCUT2D eigenvalue weighted by atomic mass is 16.3. The highest BCUT2D eigenvalue weighted by Gasteiger charge is 2.44. The van der Waals surface area contributed by atoms with Crippen LogP contribution in [0, 0.1) is 0 Å². The van der Waals surface area contributed by atoms with Crippen molar-refractivity contribution in [1.29, 1.82) is 0 Å². The van der Waals surface area contributed by atoms with Gasteiger partial charge in [-0.05, 0) is 31.0 Å². The summed E-state index contributed by atoms with van der Waals surface area (Å²) in [6.07, 6.45) is 2.14. The Kier molecular flexibility index (Phi) is 5.25. The quantitative estimate of drug-likeness (QED) is 0.581. The number of piperidine rings is 1. The molecule has 2 aliphatic heterocycles. The molecular weight excluding hydrogens is 372 g/mol. The second-order valence-electron chi connectivity index (χ2n) is 7.63. The van der Waals surface area contributed by atoms with Crippen molar-refractivity contribution in [3.05, 3.63) is 36.5 Å². The Hall–Kier alpha value is -2.91. The third-order valence-corrected chi connectivity index (χ3v) is 5.60. The third-order valence-electron chi connectivity index (χ3n) is 5.60. The number of hydrogen-bond acceptors (Lipinski definition) is 8. The number of carbonyl (C=O) groups excluding carboxylic acids is 1. The second-order valence-corrected chi connectivity index (χ2v) is 7.63. The number of aromatic nitrogens is 2. The number of carbonyl (C=O) groups is 1. The fourth-order valence-electron chi connectivity index (χ4n) is 3.87. The normalized spacial score (nSPS) is 18.6. The van der Waals surface area contributed by atoms with Crippen LogP contribution < -0.4 is 20.4 Å². The van der Waals surface area contributed by atoms with Crippen LogP contribution in [0.1, 0.15) is 12.8 Å². The minimum Gasteiger partial charge on any atom is -0.394 e. The Morgan fingerprint density at radius 1 is 1.24 bits per heavy atom. The fraction of sp³-hybridized carbons (Fsp3) is 0.450. The molecule has 4 N–H and O–H groups in total. The van der Waals surface area contributed by atoms with Crippen LogP contribution in [0.15, 0.2) is 36.5 Å². The van der Waals surface area contributed by atoms with E-state index in [-0.39, 0.29) is 19.1 Å². The standard InChI is InChI=1S/C20H26N6O3/c1-25(12-14(28)13-27)17-6-9-21-19(23-17)26-10-7-20(8-11-26)18(29)22-15-4-2-3-5-16(15)24-20/h2-6,9,14,24,27-28H,7-8,10-13H2,1H3,(H,22,29). The summed E-state index contributed by atoms with van der Waals surface area (Å²) in [6, 6.07) is 9.50. The summed E-state index contributed by atoms with van der Waals surface area (Å²) in [5, 5.41) is 25.2. The first-order chi connectivity index (χ1) is 14.0. The highest BCUT2D eigenvalue weighted by Crippen LogP contribution is 2.36. The summed E-state index contributed by atoms with van der Waals surface area (Å²) in [6.45, 7) is 1.28. The molecule has 0 aliphatic carbocycles. The number of para-hydroxylation sites is 2. The number of likely N-dealkylation sites (N-methyl/N-ethyl adjacent to an activating group) is 1. The average Bonchev–Trinajstić information content (AvgIpc) is 2.75. The lowest BCUT2D eigenvalue weighted by Crippen LogP contribution is -2.58. The van der Waals surface area contributed by atoms with E-state index in [0.717, 1.165) is 11.4 Å². The van der Waals surface area contributed by atoms with E-state index >= 15 is 0 Å². The van der Waals surface area contributed by atoms with Crippen LogP contribution in [0.3, 0.4) is 0 Å². The topological polar surface area (TPSA) is 114 Å². The number of benzene rings is 1. The van der Waals surface area contributed by atoms with Crippen molar-refractivity contribution in [2.24, 2.45) is 0 Å². The van der Waals surface area contributed by atoms with Gasteiger partial charge >= 0.3 is 0 Å². The van der Waals surface area contributed by atoms with E-state index in [2.05, 4.69) is 25.5 Å². The Labute approximate surface area is 169 Å². The van der Waals surface area contributed by atoms with Gasteiger partial charge in [-0.3, -0.25) is 4.79 Å². The summed E-state index contributed by atoms with van der Waals surface area (Å²) in [7, 11) is 1.81. The summed E-state index contributed by atoms with van der Waals surface area (Å²) in [5.74, 6) is 1.27. The van der Waals surface area contributed by atoms with Gasteiger partial charge in [-0.15, -0.1) is 0 Å². The molecule has 154 valence electrons. The Morgan fingerprint density at radius 2 is 1.97 bits per heavy atom. The van der Waals surface area contributed by atoms with Crippen molar-refractivity contribution in [3.8, 4) is 0 Å². The van der Waals surface area contributed by atoms with E-state index in [1.54, 1.807) is 17.2 Å². The number of fused-ring (bicyclic) bond motifs is 1. The Balaban J connectivity index is 1.45. The first-order valence-electron chi connectivity index (χ1n) is 9.77. The number of aliphatic hydroxyl groups is 2. The van der Waals surface area contributed by atoms with Crippen LogP contribution in [-0.4, -0.2) is 71.0 Å². The van der Waals surface area contributed by atoms with Crippen LogP contribution in [0.25, 0.3) is 0 Å². The largest absolute Gasteiger partial charge is 0.394 e. The van der Waals surface area contributed by atoms with Crippen molar-refractivity contribution in [2.75, 3.05) is 53.7 Å². The fourth-order valence-corrected chi connectivity index (χ4v) is 3.87. The molecule has 1 fully saturated rings. The molecule has 0 bridgehead atoms. The Morgan fingerprint density at radius 3 is 2.69 bits per heavy atom. The lowest BCUT2D eigenvalue weighted by atomic mass is 9.84. The molecule has 1 amide bonds. The summed E-state index contributed by atoms with van der Waals surface area (Å²) < 4.78 is 0. The van der Waals surface area contributed by atoms with Gasteiger partial charge in [0.2, 0.25) is 11.9 Å². The molecule has 0 radical (unpaired) electrons. The maximum atomic E-state index is 12.8. The van der Waals surface area contributed by atoms with Crippen molar-refractivity contribution in [2.45, 2.75) is 24.5 Å². The first-order valence-corrected chi connectivity index (χ1v) is 9.77. The predicted molar refractivity (Wildman–Crippen MR) is 111 cm³/mol. The van der Waals surface area contributed by atoms with E-state index in [1.165, 1.54) is 0 Å². The maximum Gasteiger partial charge on any atom is 0.250 e. The monoisotopic (exact) mass is 398 g/mol. The smallest absolute Gasteiger partial charge is 0.250 e. The predicted octanol–water partition coefficient (Wildman–Crippen LogP) is 0.669. The van der Waals surface area contributed by atoms with Crippen molar-refractivity contribution in [1.82, 2.24) is 9.97 Å². The van der Waals surface area contributed by atoms with E-state index in [0.29, 0.717) is 37.7 Å². The number of hydrogen-bond donors (Lipinski definition) is 4. The minimum absolute atomic E-state index is 0.00300. The van der Waals surface area contributed by atoms with Crippen molar-refractivity contribution >= 4 is 29.0 Å². The molecule has 1 aromatic carbocycles. The summed E-state index contributed by atoms with van der Waals surface area (Å²) in [5.41, 5.74) is 1.14. The van der Waals surface area contributed by atoms with Gasteiger partial charge in [0, 0.05) is 32.9 Å². The van der Waals surface area contributed by atoms with Gasteiger partial charge in [-0.2, -0.15) is 4.98 Å². The van der Waals surface area contributed by atoms with Crippen LogP contribution in [0.5, 0.6) is 0 Å². The molecule has 1 unspecified atom stereocenters. The van der Waals surface area contributed by atoms with Gasteiger partial charge in [0.05, 0.1) is 24.1 Å². The lowest BCUT2D eigenvalue weighted by molar-refractivity contribution is -0.121. The van der Waals surface area contributed by atoms with Crippen LogP contribution >= 0.6 is 0 Å². The third kappa shape index (κ3) is 3.83. The molecule has 2 aromatic rings. The number of aliphatic hydroxyl groups excluding tert-OH is 2. The van der Waals surface area contributed by atoms with E-state index < -0.39 is 11.6 Å². The molecule has 0 saturated carbocycles. The zero-order valence-corrected chi connectivity index (χ0v) is 16.4. The Bertz CT molecular complexity index is 884. The molecule has 9 heteroatoms. The molecule has 3 heterocycles. The highest BCUT2D eigenvalue weighted by molar-refractivity contribution is 6.06. The average molecular weight is 398 g/mol. The minimum atomic E-state index is -0.827. The van der Waals surface area contributed by atoms with Crippen LogP contribution in [0.2, 0.25) is 0 Å². The summed E-state index contributed by atoms with van der Waals surface area (Å²) in [4.78, 5) is 25.6. The molecule has 1 aromatic heterocycles. The van der Waals surface area contributed by atoms with Gasteiger partial charge in [0.25, 0.3) is 0 Å². The first kappa shape index (κ1) is 19.4. The maximum absolute atomic E-state index is 12.8. The number of rotatable bonds is 5. The molecule has 9 nitrogen and oxygen atoms in total. The van der Waals surface area contributed by atoms with Crippen LogP contribution in [-0.2, 0) is 4.79 Å². The zero-order valence-electron chi connectivity index (χ0n) is 16.4. The number of anilines is 4. The SMILES string of the molecule is CN(CC(O)CO)c1ccnc(N2CCC3(CC2)Nc2ccccc2NC3=O)n1. The number of amides is 1. The van der Waals surface area contributed by atoms with Crippen molar-refractivity contribution < 1.29 is 15.0 Å². The molecular formula is C20H26N6O3. The molecule has 4 rings (SSSR count). The van der Waals surface area contributed by atoms with Gasteiger partial charge in [0.15, 0.2) is 0 Å². The summed E-state index contributed by atoms with van der Waals surface area (Å²) >= 11 is 0. The number of nitrogens with one attached hydrogen (secondary N) is 2. The second kappa shape index (κ2) is 7.84. The molecule has 1 spiro atoms. The van der Waals surface area contributed by atoms with Crippen LogP contribution in [0.4, 0.5) is 23.1 Å². The zero-order chi connectivity index (χ0) is 20.4. The van der Waals surface area contributed by atoms with Gasteiger partial charge in [0.1, 0.15) is 11.4 Å². The van der Waals surface area contributed by atoms with Gasteiger partial charge in [-0.1, -0.05) is 12.1 Å². The lowest BCUT2D eigenvalue weighted by Gasteiger charge is -2.44. The van der Waals surface area contributed by atoms with Crippen molar-refractivity contribution in [3.63, 3.8) is 0 Å².